The molecule has 16 heavy (non-hydrogen) atoms. The fraction of sp³-hybridized carbons (Fsp3) is 0.200. The van der Waals surface area contributed by atoms with E-state index in [1.807, 2.05) is 0 Å². The van der Waals surface area contributed by atoms with Crippen LogP contribution in [0.1, 0.15) is 16.7 Å². The molecule has 0 saturated carbocycles. The van der Waals surface area contributed by atoms with Gasteiger partial charge in [-0.1, -0.05) is 54.6 Å². The van der Waals surface area contributed by atoms with Crippen molar-refractivity contribution in [3.8, 4) is 0 Å². The van der Waals surface area contributed by atoms with Gasteiger partial charge in [-0.25, -0.2) is 0 Å². The number of benzene rings is 2. The van der Waals surface area contributed by atoms with Gasteiger partial charge in [-0.05, 0) is 29.5 Å². The first-order valence-electron chi connectivity index (χ1n) is 5.56. The van der Waals surface area contributed by atoms with Crippen molar-refractivity contribution in [2.24, 2.45) is 0 Å². The van der Waals surface area contributed by atoms with Gasteiger partial charge in [0.15, 0.2) is 0 Å². The molecule has 0 atom stereocenters. The first-order chi connectivity index (χ1) is 7.88. The molecule has 2 aromatic carbocycles. The Morgan fingerprint density at radius 2 is 1.31 bits per heavy atom. The van der Waals surface area contributed by atoms with E-state index in [9.17, 15) is 0 Å². The quantitative estimate of drug-likeness (QED) is 0.691. The Kier molecular flexibility index (Phi) is 4.01. The zero-order valence-electron chi connectivity index (χ0n) is 9.20. The minimum Gasteiger partial charge on any atom is -0.122 e. The van der Waals surface area contributed by atoms with Gasteiger partial charge < -0.3 is 0 Å². The largest absolute Gasteiger partial charge is 0.122 e. The van der Waals surface area contributed by atoms with Gasteiger partial charge >= 0.3 is 0 Å². The van der Waals surface area contributed by atoms with E-state index in [4.69, 9.17) is 11.6 Å². The molecular weight excluding hydrogens is 216 g/mol. The third kappa shape index (κ3) is 3.11. The number of hydrogen-bond donors (Lipinski definition) is 0. The summed E-state index contributed by atoms with van der Waals surface area (Å²) in [6.07, 6.45) is 2.17. The minimum absolute atomic E-state index is 0.596. The van der Waals surface area contributed by atoms with E-state index >= 15 is 0 Å². The molecule has 0 N–H and O–H groups in total. The van der Waals surface area contributed by atoms with Gasteiger partial charge in [-0.3, -0.25) is 0 Å². The normalized spacial score (nSPS) is 10.3. The van der Waals surface area contributed by atoms with Crippen molar-refractivity contribution >= 4 is 11.6 Å². The van der Waals surface area contributed by atoms with Crippen LogP contribution in [-0.4, -0.2) is 0 Å². The van der Waals surface area contributed by atoms with Crippen molar-refractivity contribution in [3.63, 3.8) is 0 Å². The Hall–Kier alpha value is -1.27. The van der Waals surface area contributed by atoms with Crippen molar-refractivity contribution in [3.05, 3.63) is 71.3 Å². The average Bonchev–Trinajstić information content (AvgIpc) is 2.38. The fourth-order valence-electron chi connectivity index (χ4n) is 1.80. The van der Waals surface area contributed by atoms with Gasteiger partial charge in [0.25, 0.3) is 0 Å². The number of alkyl halides is 1. The molecular formula is C15H15Cl. The molecule has 82 valence electrons. The number of halogens is 1. The number of hydrogen-bond acceptors (Lipinski definition) is 0. The first-order valence-corrected chi connectivity index (χ1v) is 6.09. The second-order valence-corrected chi connectivity index (χ2v) is 4.21. The monoisotopic (exact) mass is 230 g/mol. The summed E-state index contributed by atoms with van der Waals surface area (Å²) in [5, 5.41) is 0. The molecule has 0 nitrogen and oxygen atoms in total. The van der Waals surface area contributed by atoms with Gasteiger partial charge in [-0.15, -0.1) is 11.6 Å². The van der Waals surface area contributed by atoms with Crippen molar-refractivity contribution in [1.29, 1.82) is 0 Å². The van der Waals surface area contributed by atoms with Crippen LogP contribution >= 0.6 is 11.6 Å². The molecule has 0 aliphatic rings. The van der Waals surface area contributed by atoms with Gasteiger partial charge in [0.2, 0.25) is 0 Å². The number of aryl methyl sites for hydroxylation is 2. The average molecular weight is 231 g/mol. The second kappa shape index (κ2) is 5.72. The lowest BCUT2D eigenvalue weighted by atomic mass is 10.0. The van der Waals surface area contributed by atoms with E-state index in [-0.39, 0.29) is 0 Å². The second-order valence-electron chi connectivity index (χ2n) is 3.94. The molecule has 2 aromatic rings. The highest BCUT2D eigenvalue weighted by molar-refractivity contribution is 6.17. The molecule has 0 unspecified atom stereocenters. The zero-order chi connectivity index (χ0) is 11.2. The Labute approximate surface area is 102 Å². The predicted octanol–water partition coefficient (Wildman–Crippen LogP) is 4.21. The highest BCUT2D eigenvalue weighted by Crippen LogP contribution is 2.11. The molecule has 2 rings (SSSR count). The lowest BCUT2D eigenvalue weighted by molar-refractivity contribution is 0.957. The van der Waals surface area contributed by atoms with Gasteiger partial charge in [0.05, 0.1) is 0 Å². The van der Waals surface area contributed by atoms with Crippen LogP contribution in [0.15, 0.2) is 54.6 Å². The molecule has 1 heteroatoms. The van der Waals surface area contributed by atoms with Crippen LogP contribution in [0.4, 0.5) is 0 Å². The summed E-state index contributed by atoms with van der Waals surface area (Å²) in [5.41, 5.74) is 3.95. The standard InChI is InChI=1S/C15H15Cl/c16-12-15-8-4-7-14(11-15)10-9-13-5-2-1-3-6-13/h1-8,11H,9-10,12H2. The minimum atomic E-state index is 0.596. The number of rotatable bonds is 4. The summed E-state index contributed by atoms with van der Waals surface area (Å²) in [5.74, 6) is 0.596. The SMILES string of the molecule is ClCc1cccc(CCc2ccccc2)c1. The van der Waals surface area contributed by atoms with E-state index in [1.54, 1.807) is 0 Å². The Balaban J connectivity index is 1.99. The van der Waals surface area contributed by atoms with E-state index in [0.717, 1.165) is 12.8 Å². The van der Waals surface area contributed by atoms with Crippen molar-refractivity contribution in [2.75, 3.05) is 0 Å². The van der Waals surface area contributed by atoms with Crippen LogP contribution in [0.2, 0.25) is 0 Å². The highest BCUT2D eigenvalue weighted by atomic mass is 35.5. The summed E-state index contributed by atoms with van der Waals surface area (Å²) in [7, 11) is 0. The molecule has 0 aliphatic heterocycles. The third-order valence-corrected chi connectivity index (χ3v) is 3.00. The summed E-state index contributed by atoms with van der Waals surface area (Å²) in [6, 6.07) is 19.1. The molecule has 0 fully saturated rings. The van der Waals surface area contributed by atoms with Crippen LogP contribution in [0.5, 0.6) is 0 Å². The van der Waals surface area contributed by atoms with Crippen molar-refractivity contribution in [1.82, 2.24) is 0 Å². The van der Waals surface area contributed by atoms with Crippen molar-refractivity contribution in [2.45, 2.75) is 18.7 Å². The molecule has 0 heterocycles. The summed E-state index contributed by atoms with van der Waals surface area (Å²) < 4.78 is 0. The van der Waals surface area contributed by atoms with E-state index < -0.39 is 0 Å². The maximum absolute atomic E-state index is 5.82. The molecule has 0 saturated heterocycles. The highest BCUT2D eigenvalue weighted by Gasteiger charge is 1.96. The third-order valence-electron chi connectivity index (χ3n) is 2.69. The van der Waals surface area contributed by atoms with Gasteiger partial charge in [-0.2, -0.15) is 0 Å². The maximum atomic E-state index is 5.82. The van der Waals surface area contributed by atoms with Crippen LogP contribution in [-0.2, 0) is 18.7 Å². The smallest absolute Gasteiger partial charge is 0.0474 e. The lowest BCUT2D eigenvalue weighted by Crippen LogP contribution is -1.91. The Morgan fingerprint density at radius 1 is 0.688 bits per heavy atom. The lowest BCUT2D eigenvalue weighted by Gasteiger charge is -2.03. The van der Waals surface area contributed by atoms with E-state index in [0.29, 0.717) is 5.88 Å². The van der Waals surface area contributed by atoms with Crippen LogP contribution in [0.25, 0.3) is 0 Å². The summed E-state index contributed by atoms with van der Waals surface area (Å²) in [4.78, 5) is 0. The van der Waals surface area contributed by atoms with Crippen LogP contribution in [0.3, 0.4) is 0 Å². The van der Waals surface area contributed by atoms with Crippen molar-refractivity contribution < 1.29 is 0 Å². The van der Waals surface area contributed by atoms with Crippen LogP contribution in [0, 0.1) is 0 Å². The molecule has 0 radical (unpaired) electrons. The maximum Gasteiger partial charge on any atom is 0.0474 e. The first kappa shape index (κ1) is 11.2. The Bertz CT molecular complexity index is 434. The Morgan fingerprint density at radius 3 is 2.06 bits per heavy atom. The molecule has 0 amide bonds. The van der Waals surface area contributed by atoms with E-state index in [1.165, 1.54) is 16.7 Å². The molecule has 0 aliphatic carbocycles. The fourth-order valence-corrected chi connectivity index (χ4v) is 1.97. The topological polar surface area (TPSA) is 0 Å². The van der Waals surface area contributed by atoms with E-state index in [2.05, 4.69) is 54.6 Å². The van der Waals surface area contributed by atoms with Crippen LogP contribution < -0.4 is 0 Å². The zero-order valence-corrected chi connectivity index (χ0v) is 9.95. The predicted molar refractivity (Wildman–Crippen MR) is 69.8 cm³/mol. The summed E-state index contributed by atoms with van der Waals surface area (Å²) in [6.45, 7) is 0. The van der Waals surface area contributed by atoms with Gasteiger partial charge in [0.1, 0.15) is 0 Å². The molecule has 0 aromatic heterocycles. The molecule has 0 bridgehead atoms. The molecule has 0 spiro atoms. The van der Waals surface area contributed by atoms with Gasteiger partial charge in [0, 0.05) is 5.88 Å². The summed E-state index contributed by atoms with van der Waals surface area (Å²) >= 11 is 5.82.